The second-order valence-corrected chi connectivity index (χ2v) is 24.4. The molecule has 0 amide bonds. The van der Waals surface area contributed by atoms with E-state index in [1.807, 2.05) is 3.28 Å². The van der Waals surface area contributed by atoms with E-state index < -0.39 is 20.9 Å². The zero-order chi connectivity index (χ0) is 21.3. The molecule has 0 bridgehead atoms. The van der Waals surface area contributed by atoms with Gasteiger partial charge < -0.3 is 24.8 Å². The average Bonchev–Trinajstić information content (AvgIpc) is 3.42. The zero-order valence-electron chi connectivity index (χ0n) is 20.0. The van der Waals surface area contributed by atoms with Gasteiger partial charge in [0.2, 0.25) is 0 Å². The maximum atomic E-state index is 2.56. The number of rotatable bonds is 7. The summed E-state index contributed by atoms with van der Waals surface area (Å²) >= 11 is -1.53. The summed E-state index contributed by atoms with van der Waals surface area (Å²) < 4.78 is 2.64. The van der Waals surface area contributed by atoms with Crippen LogP contribution < -0.4 is 24.8 Å². The van der Waals surface area contributed by atoms with Crippen LogP contribution in [0, 0.1) is 0 Å². The molecule has 2 aromatic rings. The van der Waals surface area contributed by atoms with Crippen molar-refractivity contribution >= 4 is 12.7 Å². The summed E-state index contributed by atoms with van der Waals surface area (Å²) in [6, 6.07) is 17.9. The predicted molar refractivity (Wildman–Crippen MR) is 134 cm³/mol. The molecule has 0 aromatic heterocycles. The minimum atomic E-state index is -1.53. The molecule has 0 nitrogen and oxygen atoms in total. The van der Waals surface area contributed by atoms with Gasteiger partial charge in [-0.15, -0.1) is 0 Å². The third-order valence-corrected chi connectivity index (χ3v) is 24.3. The first-order chi connectivity index (χ1) is 14.7. The predicted octanol–water partition coefficient (Wildman–Crippen LogP) is 2.00. The first-order valence-corrected chi connectivity index (χ1v) is 21.8. The van der Waals surface area contributed by atoms with Crippen molar-refractivity contribution in [2.24, 2.45) is 0 Å². The van der Waals surface area contributed by atoms with Crippen molar-refractivity contribution in [2.45, 2.75) is 63.0 Å². The van der Waals surface area contributed by atoms with Crippen molar-refractivity contribution < 1.29 is 45.7 Å². The number of hydrogen-bond acceptors (Lipinski definition) is 0. The molecule has 0 N–H and O–H groups in total. The first kappa shape index (κ1) is 29.4. The molecule has 2 aliphatic carbocycles. The molecule has 0 aliphatic heterocycles. The Morgan fingerprint density at radius 2 is 1.62 bits per heavy atom. The van der Waals surface area contributed by atoms with Gasteiger partial charge in [-0.25, -0.2) is 0 Å². The molecule has 0 saturated carbocycles. The van der Waals surface area contributed by atoms with Crippen molar-refractivity contribution in [1.82, 2.24) is 0 Å². The summed E-state index contributed by atoms with van der Waals surface area (Å²) in [7, 11) is 0. The maximum absolute atomic E-state index is 2.56. The Kier molecular flexibility index (Phi) is 14.0. The van der Waals surface area contributed by atoms with E-state index in [0.29, 0.717) is 0 Å². The van der Waals surface area contributed by atoms with Crippen molar-refractivity contribution in [3.8, 4) is 11.1 Å². The van der Waals surface area contributed by atoms with Crippen LogP contribution in [0.4, 0.5) is 0 Å². The van der Waals surface area contributed by atoms with Crippen LogP contribution in [0.3, 0.4) is 0 Å². The van der Waals surface area contributed by atoms with Gasteiger partial charge in [0.15, 0.2) is 0 Å². The van der Waals surface area contributed by atoms with Gasteiger partial charge in [0.05, 0.1) is 0 Å². The summed E-state index contributed by atoms with van der Waals surface area (Å²) in [5, 5.41) is 0. The van der Waals surface area contributed by atoms with Crippen LogP contribution in [0.15, 0.2) is 75.6 Å². The Balaban J connectivity index is 0.000000571. The Labute approximate surface area is 218 Å². The van der Waals surface area contributed by atoms with E-state index in [2.05, 4.69) is 100 Å². The monoisotopic (exact) mass is 561 g/mol. The molecule has 32 heavy (non-hydrogen) atoms. The largest absolute Gasteiger partial charge is 1.00 e. The third-order valence-electron chi connectivity index (χ3n) is 6.23. The molecule has 0 spiro atoms. The first-order valence-electron chi connectivity index (χ1n) is 11.8. The van der Waals surface area contributed by atoms with E-state index in [1.165, 1.54) is 48.8 Å². The Bertz CT molecular complexity index is 914. The average molecular weight is 564 g/mol. The van der Waals surface area contributed by atoms with E-state index in [-0.39, 0.29) is 31.5 Å². The van der Waals surface area contributed by atoms with Crippen LogP contribution >= 0.6 is 0 Å². The molecule has 4 heteroatoms. The molecule has 0 heterocycles. The third kappa shape index (κ3) is 7.17. The van der Waals surface area contributed by atoms with Crippen LogP contribution in [0.25, 0.3) is 17.2 Å². The molecular formula is C28H37Cl2SiZr. The van der Waals surface area contributed by atoms with Gasteiger partial charge >= 0.3 is 155 Å². The van der Waals surface area contributed by atoms with Crippen LogP contribution in [0.1, 0.15) is 67.6 Å². The Morgan fingerprint density at radius 1 is 0.938 bits per heavy atom. The second-order valence-electron chi connectivity index (χ2n) is 8.41. The number of fused-ring (bicyclic) bond motifs is 1. The van der Waals surface area contributed by atoms with Crippen LogP contribution in [0.2, 0.25) is 6.55 Å². The molecule has 2 aliphatic rings. The van der Waals surface area contributed by atoms with Gasteiger partial charge in [-0.3, -0.25) is 0 Å². The van der Waals surface area contributed by atoms with E-state index in [1.54, 1.807) is 11.1 Å². The van der Waals surface area contributed by atoms with Gasteiger partial charge in [0.1, 0.15) is 0 Å². The van der Waals surface area contributed by atoms with Gasteiger partial charge in [-0.1, -0.05) is 39.5 Å². The Morgan fingerprint density at radius 3 is 2.19 bits per heavy atom. The van der Waals surface area contributed by atoms with E-state index in [0.717, 1.165) is 3.63 Å². The van der Waals surface area contributed by atoms with Crippen molar-refractivity contribution in [3.05, 3.63) is 86.7 Å². The number of unbranched alkanes of at least 4 members (excludes halogenated alkanes) is 3. The molecule has 171 valence electrons. The molecule has 0 fully saturated rings. The SMILES string of the molecule is CCCCCC.C[SiH2][Zr+2]([C]1=CC=CC1)[CH]1C(C)=Cc2c(-c3ccccc3)cccc21.[Cl-].[Cl-]. The molecule has 1 unspecified atom stereocenters. The molecule has 0 radical (unpaired) electrons. The van der Waals surface area contributed by atoms with Crippen molar-refractivity contribution in [1.29, 1.82) is 0 Å². The molecule has 1 atom stereocenters. The van der Waals surface area contributed by atoms with Crippen LogP contribution in [-0.4, -0.2) is 6.65 Å². The molecular weight excluding hydrogens is 527 g/mol. The summed E-state index contributed by atoms with van der Waals surface area (Å²) in [6.45, 7) is 9.47. The topological polar surface area (TPSA) is 0 Å². The summed E-state index contributed by atoms with van der Waals surface area (Å²) in [6.07, 6.45) is 16.4. The van der Waals surface area contributed by atoms with Crippen LogP contribution in [-0.2, 0) is 20.9 Å². The molecule has 0 saturated heterocycles. The molecule has 4 rings (SSSR count). The zero-order valence-corrected chi connectivity index (χ0v) is 25.4. The van der Waals surface area contributed by atoms with Crippen LogP contribution in [0.5, 0.6) is 0 Å². The summed E-state index contributed by atoms with van der Waals surface area (Å²) in [4.78, 5) is 0. The van der Waals surface area contributed by atoms with E-state index in [9.17, 15) is 0 Å². The normalized spacial score (nSPS) is 15.8. The van der Waals surface area contributed by atoms with Crippen molar-refractivity contribution in [2.75, 3.05) is 0 Å². The van der Waals surface area contributed by atoms with Gasteiger partial charge in [0.25, 0.3) is 0 Å². The van der Waals surface area contributed by atoms with Gasteiger partial charge in [0, 0.05) is 0 Å². The number of allylic oxidation sites excluding steroid dienone is 5. The fourth-order valence-corrected chi connectivity index (χ4v) is 22.4. The minimum Gasteiger partial charge on any atom is -1.00 e. The summed E-state index contributed by atoms with van der Waals surface area (Å²) in [5.41, 5.74) is 7.52. The van der Waals surface area contributed by atoms with Crippen molar-refractivity contribution in [3.63, 3.8) is 0 Å². The second kappa shape index (κ2) is 15.3. The fraction of sp³-hybridized carbons (Fsp3) is 0.357. The smallest absolute Gasteiger partial charge is 1.00 e. The van der Waals surface area contributed by atoms with Gasteiger partial charge in [-0.05, 0) is 0 Å². The number of benzene rings is 2. The Hall–Kier alpha value is -0.660. The maximum Gasteiger partial charge on any atom is -1.00 e. The fourth-order valence-electron chi connectivity index (χ4n) is 4.69. The standard InChI is InChI=1S/C16H13.C6H14.C5H5.CH5Si.2ClH.Zr/c1-12-10-14-8-5-9-15(16(14)11-12)13-6-3-2-4-7-13;1-3-5-6-4-2;1-2-4-5-3-1;1-2;;;/h2-11H,1H3;3-6H2,1-2H3;1-3H,4H2;2H2,1H3;2*1H;/q;;;;;;+2/p-2. The number of hydrogen-bond donors (Lipinski definition) is 0. The van der Waals surface area contributed by atoms with Gasteiger partial charge in [-0.2, -0.15) is 0 Å². The van der Waals surface area contributed by atoms with E-state index in [4.69, 9.17) is 0 Å². The summed E-state index contributed by atoms with van der Waals surface area (Å²) in [5.74, 6) is 0. The molecule has 2 aromatic carbocycles. The number of halogens is 2. The minimum absolute atomic E-state index is 0. The quantitative estimate of drug-likeness (QED) is 0.357. The van der Waals surface area contributed by atoms with E-state index >= 15 is 0 Å².